The van der Waals surface area contributed by atoms with Crippen LogP contribution in [-0.2, 0) is 12.4 Å². The first-order chi connectivity index (χ1) is 16.0. The molecule has 0 fully saturated rings. The van der Waals surface area contributed by atoms with Crippen LogP contribution in [0.1, 0.15) is 11.1 Å². The molecule has 0 bridgehead atoms. The predicted molar refractivity (Wildman–Crippen MR) is 98.1 cm³/mol. The van der Waals surface area contributed by atoms with E-state index >= 15 is 0 Å². The van der Waals surface area contributed by atoms with Crippen LogP contribution in [0.15, 0.2) is 30.3 Å². The first kappa shape index (κ1) is 25.7. The van der Waals surface area contributed by atoms with E-state index in [0.29, 0.717) is 12.1 Å². The Hall–Kier alpha value is -3.91. The average Bonchev–Trinajstić information content (AvgIpc) is 2.67. The fourth-order valence-electron chi connectivity index (χ4n) is 2.85. The van der Waals surface area contributed by atoms with E-state index in [2.05, 4.69) is 9.47 Å². The number of alkyl halides is 6. The largest absolute Gasteiger partial charge is 0.453 e. The molecule has 0 heterocycles. The topological polar surface area (TPSA) is 70.5 Å². The van der Waals surface area contributed by atoms with Crippen LogP contribution in [0.3, 0.4) is 0 Å². The molecule has 3 aromatic rings. The van der Waals surface area contributed by atoms with Gasteiger partial charge in [0, 0.05) is 30.3 Å². The van der Waals surface area contributed by atoms with Gasteiger partial charge in [-0.1, -0.05) is 0 Å². The van der Waals surface area contributed by atoms with Gasteiger partial charge in [-0.15, -0.1) is 0 Å². The Bertz CT molecular complexity index is 1210. The van der Waals surface area contributed by atoms with Crippen LogP contribution in [0.25, 0.3) is 0 Å². The van der Waals surface area contributed by atoms with E-state index in [1.54, 1.807) is 0 Å². The number of anilines is 2. The highest BCUT2D eigenvalue weighted by Crippen LogP contribution is 2.50. The summed E-state index contributed by atoms with van der Waals surface area (Å²) in [6, 6.07) is 0.956. The lowest BCUT2D eigenvalue weighted by Gasteiger charge is -2.21. The van der Waals surface area contributed by atoms with Crippen LogP contribution in [0.2, 0.25) is 0 Å². The Labute approximate surface area is 187 Å². The summed E-state index contributed by atoms with van der Waals surface area (Å²) >= 11 is 0. The van der Waals surface area contributed by atoms with E-state index in [-0.39, 0.29) is 18.2 Å². The zero-order valence-corrected chi connectivity index (χ0v) is 16.5. The molecule has 0 saturated carbocycles. The molecule has 0 unspecified atom stereocenters. The molecule has 15 heteroatoms. The molecule has 188 valence electrons. The normalized spacial score (nSPS) is 12.1. The van der Waals surface area contributed by atoms with E-state index in [1.807, 2.05) is 0 Å². The Kier molecular flexibility index (Phi) is 6.39. The number of ether oxygens (including phenoxy) is 2. The summed E-state index contributed by atoms with van der Waals surface area (Å²) in [6.45, 7) is 0. The van der Waals surface area contributed by atoms with Crippen molar-refractivity contribution in [2.45, 2.75) is 12.4 Å². The molecule has 35 heavy (non-hydrogen) atoms. The van der Waals surface area contributed by atoms with Gasteiger partial charge in [0.1, 0.15) is 34.3 Å². The summed E-state index contributed by atoms with van der Waals surface area (Å²) in [4.78, 5) is 0. The van der Waals surface area contributed by atoms with Crippen molar-refractivity contribution < 1.29 is 57.8 Å². The van der Waals surface area contributed by atoms with Crippen LogP contribution in [0.4, 0.5) is 59.7 Å². The highest BCUT2D eigenvalue weighted by atomic mass is 19.4. The van der Waals surface area contributed by atoms with Gasteiger partial charge in [0.05, 0.1) is 11.4 Å². The van der Waals surface area contributed by atoms with E-state index in [4.69, 9.17) is 11.5 Å². The fourth-order valence-corrected chi connectivity index (χ4v) is 2.85. The minimum Gasteiger partial charge on any atom is -0.453 e. The molecule has 0 saturated heterocycles. The Balaban J connectivity index is 2.33. The van der Waals surface area contributed by atoms with Crippen molar-refractivity contribution in [1.82, 2.24) is 0 Å². The van der Waals surface area contributed by atoms with Crippen molar-refractivity contribution in [3.05, 3.63) is 70.5 Å². The smallest absolute Gasteiger partial charge is 0.422 e. The molecule has 4 N–H and O–H groups in total. The molecule has 0 aliphatic heterocycles. The summed E-state index contributed by atoms with van der Waals surface area (Å²) < 4.78 is 160. The SMILES string of the molecule is Nc1cc(F)cc(Oc2cc(Oc3cc(F)cc(N)c3F)c(C(F)(F)F)c(F)c2C(F)(F)F)c1F. The molecule has 3 aromatic carbocycles. The second-order valence-electron chi connectivity index (χ2n) is 6.75. The second kappa shape index (κ2) is 8.70. The highest BCUT2D eigenvalue weighted by molar-refractivity contribution is 5.56. The lowest BCUT2D eigenvalue weighted by molar-refractivity contribution is -0.148. The molecule has 0 radical (unpaired) electrons. The zero-order chi connectivity index (χ0) is 26.5. The first-order valence-corrected chi connectivity index (χ1v) is 8.86. The maximum absolute atomic E-state index is 14.7. The number of hydrogen-bond donors (Lipinski definition) is 2. The Morgan fingerprint density at radius 1 is 0.486 bits per heavy atom. The Morgan fingerprint density at radius 3 is 1.14 bits per heavy atom. The van der Waals surface area contributed by atoms with Crippen molar-refractivity contribution in [3.63, 3.8) is 0 Å². The monoisotopic (exact) mass is 518 g/mol. The fraction of sp³-hybridized carbons (Fsp3) is 0.100. The van der Waals surface area contributed by atoms with Crippen LogP contribution >= 0.6 is 0 Å². The number of halogens is 11. The van der Waals surface area contributed by atoms with Gasteiger partial charge in [0.2, 0.25) is 0 Å². The van der Waals surface area contributed by atoms with E-state index in [9.17, 15) is 48.3 Å². The van der Waals surface area contributed by atoms with Crippen LogP contribution in [0.5, 0.6) is 23.0 Å². The summed E-state index contributed by atoms with van der Waals surface area (Å²) in [5.41, 5.74) is 2.98. The molecule has 4 nitrogen and oxygen atoms in total. The van der Waals surface area contributed by atoms with Gasteiger partial charge >= 0.3 is 12.4 Å². The summed E-state index contributed by atoms with van der Waals surface area (Å²) in [7, 11) is 0. The van der Waals surface area contributed by atoms with E-state index in [0.717, 1.165) is 0 Å². The minimum absolute atomic E-state index is 0.175. The highest BCUT2D eigenvalue weighted by Gasteiger charge is 2.47. The molecular weight excluding hydrogens is 509 g/mol. The number of nitrogen functional groups attached to an aromatic ring is 2. The van der Waals surface area contributed by atoms with E-state index < -0.39 is 86.9 Å². The molecular formula is C20H9F11N2O2. The van der Waals surface area contributed by atoms with Crippen molar-refractivity contribution in [2.24, 2.45) is 0 Å². The third-order valence-electron chi connectivity index (χ3n) is 4.27. The number of rotatable bonds is 4. The molecule has 0 spiro atoms. The second-order valence-corrected chi connectivity index (χ2v) is 6.75. The van der Waals surface area contributed by atoms with Gasteiger partial charge in [0.15, 0.2) is 29.0 Å². The third kappa shape index (κ3) is 5.12. The van der Waals surface area contributed by atoms with Crippen molar-refractivity contribution in [1.29, 1.82) is 0 Å². The quantitative estimate of drug-likeness (QED) is 0.284. The first-order valence-electron chi connectivity index (χ1n) is 8.86. The molecule has 0 amide bonds. The van der Waals surface area contributed by atoms with Crippen LogP contribution < -0.4 is 20.9 Å². The summed E-state index contributed by atoms with van der Waals surface area (Å²) in [5, 5.41) is 0. The number of nitrogens with two attached hydrogens (primary N) is 2. The van der Waals surface area contributed by atoms with E-state index in [1.165, 1.54) is 0 Å². The summed E-state index contributed by atoms with van der Waals surface area (Å²) in [5.74, 6) is -15.3. The maximum Gasteiger partial charge on any atom is 0.422 e. The minimum atomic E-state index is -5.87. The molecule has 0 atom stereocenters. The van der Waals surface area contributed by atoms with Crippen LogP contribution in [0, 0.1) is 29.1 Å². The lowest BCUT2D eigenvalue weighted by atomic mass is 10.1. The molecule has 3 rings (SSSR count). The number of hydrogen-bond acceptors (Lipinski definition) is 4. The lowest BCUT2D eigenvalue weighted by Crippen LogP contribution is -2.18. The Morgan fingerprint density at radius 2 is 0.829 bits per heavy atom. The standard InChI is InChI=1S/C20H9F11N2O2/c21-6-1-8(32)16(23)12(3-6)34-10-5-11(35-13-4-7(22)2-9(33)17(13)24)15(20(29,30)31)18(25)14(10)19(26,27)28/h1-5H,32-33H2. The van der Waals surface area contributed by atoms with Gasteiger partial charge in [-0.05, 0) is 0 Å². The van der Waals surface area contributed by atoms with Gasteiger partial charge in [-0.3, -0.25) is 0 Å². The van der Waals surface area contributed by atoms with Crippen molar-refractivity contribution in [2.75, 3.05) is 11.5 Å². The predicted octanol–water partition coefficient (Wildman–Crippen LogP) is 7.17. The van der Waals surface area contributed by atoms with Crippen molar-refractivity contribution in [3.8, 4) is 23.0 Å². The third-order valence-corrected chi connectivity index (χ3v) is 4.27. The number of benzene rings is 3. The van der Waals surface area contributed by atoms with Crippen LogP contribution in [-0.4, -0.2) is 0 Å². The molecule has 0 aliphatic rings. The molecule has 0 aliphatic carbocycles. The average molecular weight is 518 g/mol. The van der Waals surface area contributed by atoms with Gasteiger partial charge in [-0.2, -0.15) is 26.3 Å². The van der Waals surface area contributed by atoms with Gasteiger partial charge in [-0.25, -0.2) is 22.0 Å². The maximum atomic E-state index is 14.7. The van der Waals surface area contributed by atoms with Crippen molar-refractivity contribution >= 4 is 11.4 Å². The molecule has 0 aromatic heterocycles. The van der Waals surface area contributed by atoms with Gasteiger partial charge < -0.3 is 20.9 Å². The summed E-state index contributed by atoms with van der Waals surface area (Å²) in [6.07, 6.45) is -11.7. The van der Waals surface area contributed by atoms with Gasteiger partial charge in [0.25, 0.3) is 0 Å². The zero-order valence-electron chi connectivity index (χ0n) is 16.5.